The molecule has 4 aromatic carbocycles. The molecule has 0 aliphatic rings. The molecular formula is C40H44F3IrN2O2-. The molecule has 0 aliphatic carbocycles. The Labute approximate surface area is 300 Å². The molecule has 0 fully saturated rings. The Morgan fingerprint density at radius 1 is 0.938 bits per heavy atom. The Hall–Kier alpha value is -3.61. The quantitative estimate of drug-likeness (QED) is 0.0732. The standard InChI is InChI=1S/C27H20F3N2.C13H24O2.Ir/c1-26(2,3)22-14-18(12-16-8-4-6-10-19(16)22)24-21-13-17-9-5-7-11-20(17)23(27(28,29)30)25(21)32-15-31-24;1-5-10(6-2)12(14)9-13(15)11(7-3)8-4;/h4-11,13-15H,1-3H3;9-11,14H,5-8H2,1-4H3;/q-1;;/b;12-9-;/i4D,6D,8D,14D;;. The van der Waals surface area contributed by atoms with Crippen molar-refractivity contribution < 1.29 is 48.7 Å². The summed E-state index contributed by atoms with van der Waals surface area (Å²) in [5, 5.41) is 10.9. The van der Waals surface area contributed by atoms with Gasteiger partial charge in [-0.15, -0.1) is 29.1 Å². The molecule has 0 unspecified atom stereocenters. The average molecular weight is 838 g/mol. The van der Waals surface area contributed by atoms with E-state index < -0.39 is 17.2 Å². The number of carbonyl (C=O) groups excluding carboxylic acids is 1. The Morgan fingerprint density at radius 3 is 2.19 bits per heavy atom. The molecular weight excluding hydrogens is 790 g/mol. The van der Waals surface area contributed by atoms with Crippen molar-refractivity contribution in [3.63, 3.8) is 0 Å². The third-order valence-electron chi connectivity index (χ3n) is 8.52. The van der Waals surface area contributed by atoms with Gasteiger partial charge in [0.25, 0.3) is 0 Å². The number of benzene rings is 4. The summed E-state index contributed by atoms with van der Waals surface area (Å²) in [4.78, 5) is 20.0. The van der Waals surface area contributed by atoms with Crippen molar-refractivity contribution >= 4 is 38.2 Å². The van der Waals surface area contributed by atoms with Gasteiger partial charge in [0.05, 0.1) is 19.6 Å². The van der Waals surface area contributed by atoms with E-state index in [1.54, 1.807) is 18.2 Å². The normalized spacial score (nSPS) is 13.5. The van der Waals surface area contributed by atoms with E-state index in [9.17, 15) is 23.1 Å². The first-order chi connectivity index (χ1) is 23.9. The van der Waals surface area contributed by atoms with Crippen LogP contribution in [0.1, 0.15) is 90.8 Å². The van der Waals surface area contributed by atoms with Gasteiger partial charge in [0.1, 0.15) is 6.33 Å². The Balaban J connectivity index is 0.000000389. The van der Waals surface area contributed by atoms with Crippen LogP contribution in [-0.4, -0.2) is 20.9 Å². The second-order valence-electron chi connectivity index (χ2n) is 12.7. The number of hydrogen-bond acceptors (Lipinski definition) is 4. The molecule has 5 aromatic rings. The minimum absolute atomic E-state index is 0. The summed E-state index contributed by atoms with van der Waals surface area (Å²) in [6.07, 6.45) is 1.26. The predicted octanol–water partition coefficient (Wildman–Crippen LogP) is 11.6. The van der Waals surface area contributed by atoms with Crippen LogP contribution in [0.5, 0.6) is 0 Å². The molecule has 48 heavy (non-hydrogen) atoms. The second kappa shape index (κ2) is 16.2. The number of hydrogen-bond donors (Lipinski definition) is 1. The van der Waals surface area contributed by atoms with Gasteiger partial charge in [-0.2, -0.15) is 13.2 Å². The van der Waals surface area contributed by atoms with Gasteiger partial charge in [0, 0.05) is 46.5 Å². The zero-order valence-electron chi connectivity index (χ0n) is 32.3. The fourth-order valence-electron chi connectivity index (χ4n) is 5.83. The molecule has 1 N–H and O–H groups in total. The Kier molecular flexibility index (Phi) is 11.1. The van der Waals surface area contributed by atoms with E-state index in [4.69, 9.17) is 5.48 Å². The summed E-state index contributed by atoms with van der Waals surface area (Å²) in [7, 11) is 0. The van der Waals surface area contributed by atoms with Crippen LogP contribution in [-0.2, 0) is 36.5 Å². The van der Waals surface area contributed by atoms with Crippen molar-refractivity contribution in [3.05, 3.63) is 95.9 Å². The SMILES string of the molecule is CCC(CC)C(=O)/C=C(\O)C(CC)CC.[2H]c1cc2c(C(C)(C)C)c([2H])c(-c3ncnc4c(C(F)(F)F)c5ccccc5cc34)[c-]c2c([2H])c1[2H].[Ir]. The summed E-state index contributed by atoms with van der Waals surface area (Å²) >= 11 is 0. The number of carbonyl (C=O) groups is 1. The van der Waals surface area contributed by atoms with Crippen LogP contribution in [0.15, 0.2) is 78.7 Å². The minimum Gasteiger partial charge on any atom is -0.512 e. The smallest absolute Gasteiger partial charge is 0.419 e. The molecule has 4 nitrogen and oxygen atoms in total. The van der Waals surface area contributed by atoms with Crippen molar-refractivity contribution in [2.75, 3.05) is 0 Å². The molecule has 0 bridgehead atoms. The van der Waals surface area contributed by atoms with Crippen LogP contribution >= 0.6 is 0 Å². The molecule has 0 saturated heterocycles. The van der Waals surface area contributed by atoms with Crippen LogP contribution in [0.2, 0.25) is 0 Å². The van der Waals surface area contributed by atoms with Crippen LogP contribution in [0.25, 0.3) is 43.7 Å². The number of allylic oxidation sites excluding steroid dienone is 2. The molecule has 1 radical (unpaired) electrons. The summed E-state index contributed by atoms with van der Waals surface area (Å²) < 4.78 is 76.5. The maximum absolute atomic E-state index is 14.3. The minimum atomic E-state index is -4.68. The molecule has 0 amide bonds. The van der Waals surface area contributed by atoms with Crippen molar-refractivity contribution in [1.82, 2.24) is 9.97 Å². The van der Waals surface area contributed by atoms with E-state index >= 15 is 0 Å². The summed E-state index contributed by atoms with van der Waals surface area (Å²) in [6, 6.07) is 11.5. The fraction of sp³-hybridized carbons (Fsp3) is 0.375. The largest absolute Gasteiger partial charge is 0.512 e. The number of ketones is 1. The number of fused-ring (bicyclic) bond motifs is 3. The molecule has 0 spiro atoms. The van der Waals surface area contributed by atoms with E-state index in [-0.39, 0.29) is 101 Å². The third kappa shape index (κ3) is 8.51. The zero-order valence-corrected chi connectivity index (χ0v) is 30.7. The van der Waals surface area contributed by atoms with Gasteiger partial charge in [0.15, 0.2) is 5.78 Å². The van der Waals surface area contributed by atoms with E-state index in [2.05, 4.69) is 16.0 Å². The molecule has 1 heterocycles. The second-order valence-corrected chi connectivity index (χ2v) is 12.7. The number of aliphatic hydroxyl groups is 1. The molecule has 0 aliphatic heterocycles. The summed E-state index contributed by atoms with van der Waals surface area (Å²) in [5.41, 5.74) is -1.07. The molecule has 5 rings (SSSR count). The van der Waals surface area contributed by atoms with E-state index in [1.165, 1.54) is 24.3 Å². The van der Waals surface area contributed by atoms with Crippen LogP contribution in [0.4, 0.5) is 13.2 Å². The first-order valence-corrected chi connectivity index (χ1v) is 16.1. The third-order valence-corrected chi connectivity index (χ3v) is 8.52. The first-order valence-electron chi connectivity index (χ1n) is 18.1. The van der Waals surface area contributed by atoms with E-state index in [0.29, 0.717) is 16.3 Å². The van der Waals surface area contributed by atoms with Crippen LogP contribution in [0.3, 0.4) is 0 Å². The maximum Gasteiger partial charge on any atom is 0.419 e. The average Bonchev–Trinajstić information content (AvgIpc) is 3.06. The van der Waals surface area contributed by atoms with Gasteiger partial charge < -0.3 is 5.11 Å². The molecule has 1 aromatic heterocycles. The predicted molar refractivity (Wildman–Crippen MR) is 186 cm³/mol. The Bertz CT molecular complexity index is 2120. The fourth-order valence-corrected chi connectivity index (χ4v) is 5.83. The van der Waals surface area contributed by atoms with Gasteiger partial charge in [0.2, 0.25) is 0 Å². The van der Waals surface area contributed by atoms with Crippen molar-refractivity contribution in [2.45, 2.75) is 85.7 Å². The number of halogens is 3. The molecule has 0 atom stereocenters. The summed E-state index contributed by atoms with van der Waals surface area (Å²) in [5.74, 6) is 0.547. The van der Waals surface area contributed by atoms with Crippen molar-refractivity contribution in [1.29, 1.82) is 0 Å². The van der Waals surface area contributed by atoms with Crippen molar-refractivity contribution in [3.8, 4) is 11.3 Å². The summed E-state index contributed by atoms with van der Waals surface area (Å²) in [6.45, 7) is 13.7. The maximum atomic E-state index is 14.3. The number of aromatic nitrogens is 2. The molecule has 257 valence electrons. The number of rotatable bonds is 8. The number of alkyl halides is 3. The zero-order chi connectivity index (χ0) is 38.0. The van der Waals surface area contributed by atoms with Crippen molar-refractivity contribution in [2.24, 2.45) is 11.8 Å². The van der Waals surface area contributed by atoms with Gasteiger partial charge in [-0.05, 0) is 47.3 Å². The van der Waals surface area contributed by atoms with Crippen LogP contribution in [0, 0.1) is 17.9 Å². The Morgan fingerprint density at radius 2 is 1.58 bits per heavy atom. The first kappa shape index (κ1) is 32.9. The number of nitrogens with zero attached hydrogens (tertiary/aromatic N) is 2. The van der Waals surface area contributed by atoms with Gasteiger partial charge in [-0.3, -0.25) is 9.78 Å². The van der Waals surface area contributed by atoms with Gasteiger partial charge in [-0.25, -0.2) is 4.98 Å². The number of aliphatic hydroxyl groups excluding tert-OH is 1. The molecule has 0 saturated carbocycles. The molecule has 8 heteroatoms. The van der Waals surface area contributed by atoms with Gasteiger partial charge in [-0.1, -0.05) is 108 Å². The van der Waals surface area contributed by atoms with Crippen LogP contribution < -0.4 is 0 Å². The monoisotopic (exact) mass is 838 g/mol. The van der Waals surface area contributed by atoms with E-state index in [0.717, 1.165) is 32.0 Å². The van der Waals surface area contributed by atoms with Gasteiger partial charge >= 0.3 is 6.18 Å². The van der Waals surface area contributed by atoms with E-state index in [1.807, 2.05) is 48.5 Å². The topological polar surface area (TPSA) is 63.1 Å².